The zero-order valence-electron chi connectivity index (χ0n) is 11.7. The summed E-state index contributed by atoms with van der Waals surface area (Å²) in [5.41, 5.74) is 2.33. The lowest BCUT2D eigenvalue weighted by molar-refractivity contribution is 0.183. The van der Waals surface area contributed by atoms with Gasteiger partial charge in [-0.05, 0) is 18.1 Å². The van der Waals surface area contributed by atoms with Gasteiger partial charge >= 0.3 is 0 Å². The topological polar surface area (TPSA) is 44.0 Å². The SMILES string of the molecule is CCCn1ccc(CNc2cnn(CCOC)c2)c1. The molecule has 1 N–H and O–H groups in total. The molecule has 2 aromatic heterocycles. The first-order valence-electron chi connectivity index (χ1n) is 6.71. The Kier molecular flexibility index (Phi) is 5.03. The summed E-state index contributed by atoms with van der Waals surface area (Å²) in [5, 5.41) is 7.65. The molecule has 0 atom stereocenters. The predicted octanol–water partition coefficient (Wildman–Crippen LogP) is 2.35. The van der Waals surface area contributed by atoms with Crippen molar-refractivity contribution in [2.75, 3.05) is 19.0 Å². The Bertz CT molecular complexity index is 489. The zero-order valence-corrected chi connectivity index (χ0v) is 11.7. The fourth-order valence-electron chi connectivity index (χ4n) is 1.96. The molecule has 104 valence electrons. The van der Waals surface area contributed by atoms with Gasteiger partial charge in [-0.1, -0.05) is 6.92 Å². The fourth-order valence-corrected chi connectivity index (χ4v) is 1.96. The minimum Gasteiger partial charge on any atom is -0.383 e. The van der Waals surface area contributed by atoms with Crippen LogP contribution in [0.3, 0.4) is 0 Å². The van der Waals surface area contributed by atoms with E-state index in [2.05, 4.69) is 40.4 Å². The Morgan fingerprint density at radius 2 is 2.21 bits per heavy atom. The number of aromatic nitrogens is 3. The average Bonchev–Trinajstić information content (AvgIpc) is 3.03. The monoisotopic (exact) mass is 262 g/mol. The van der Waals surface area contributed by atoms with Crippen molar-refractivity contribution in [2.24, 2.45) is 0 Å². The zero-order chi connectivity index (χ0) is 13.5. The molecule has 0 radical (unpaired) electrons. The molecular formula is C14H22N4O. The average molecular weight is 262 g/mol. The second kappa shape index (κ2) is 6.99. The Balaban J connectivity index is 1.82. The van der Waals surface area contributed by atoms with E-state index in [0.717, 1.165) is 31.7 Å². The van der Waals surface area contributed by atoms with E-state index >= 15 is 0 Å². The van der Waals surface area contributed by atoms with Crippen LogP contribution in [-0.4, -0.2) is 28.1 Å². The van der Waals surface area contributed by atoms with E-state index in [1.807, 2.05) is 17.1 Å². The fraction of sp³-hybridized carbons (Fsp3) is 0.500. The van der Waals surface area contributed by atoms with Crippen LogP contribution in [0.2, 0.25) is 0 Å². The Labute approximate surface area is 114 Å². The van der Waals surface area contributed by atoms with Gasteiger partial charge in [-0.3, -0.25) is 4.68 Å². The molecule has 0 saturated carbocycles. The van der Waals surface area contributed by atoms with Crippen molar-refractivity contribution < 1.29 is 4.74 Å². The summed E-state index contributed by atoms with van der Waals surface area (Å²) in [6.07, 6.45) is 9.32. The van der Waals surface area contributed by atoms with E-state index in [-0.39, 0.29) is 0 Å². The van der Waals surface area contributed by atoms with Crippen molar-refractivity contribution in [3.63, 3.8) is 0 Å². The quantitative estimate of drug-likeness (QED) is 0.794. The van der Waals surface area contributed by atoms with Gasteiger partial charge in [0.05, 0.1) is 25.0 Å². The van der Waals surface area contributed by atoms with Crippen molar-refractivity contribution in [2.45, 2.75) is 33.0 Å². The van der Waals surface area contributed by atoms with Crippen molar-refractivity contribution in [3.8, 4) is 0 Å². The maximum Gasteiger partial charge on any atom is 0.0729 e. The van der Waals surface area contributed by atoms with Crippen LogP contribution in [0.15, 0.2) is 30.9 Å². The van der Waals surface area contributed by atoms with Gasteiger partial charge in [0.2, 0.25) is 0 Å². The van der Waals surface area contributed by atoms with Crippen LogP contribution in [0, 0.1) is 0 Å². The molecule has 2 heterocycles. The van der Waals surface area contributed by atoms with Gasteiger partial charge in [0.1, 0.15) is 0 Å². The molecule has 0 bridgehead atoms. The third-order valence-corrected chi connectivity index (χ3v) is 2.95. The van der Waals surface area contributed by atoms with Crippen molar-refractivity contribution >= 4 is 5.69 Å². The van der Waals surface area contributed by atoms with Crippen LogP contribution in [0.25, 0.3) is 0 Å². The molecule has 5 heteroatoms. The summed E-state index contributed by atoms with van der Waals surface area (Å²) in [6.45, 7) is 5.56. The first kappa shape index (κ1) is 13.7. The minimum absolute atomic E-state index is 0.682. The van der Waals surface area contributed by atoms with E-state index in [4.69, 9.17) is 4.74 Å². The largest absolute Gasteiger partial charge is 0.383 e. The molecule has 0 spiro atoms. The van der Waals surface area contributed by atoms with Crippen LogP contribution >= 0.6 is 0 Å². The van der Waals surface area contributed by atoms with E-state index in [1.165, 1.54) is 5.56 Å². The Hall–Kier alpha value is -1.75. The maximum atomic E-state index is 5.03. The predicted molar refractivity (Wildman–Crippen MR) is 76.2 cm³/mol. The molecule has 0 aliphatic carbocycles. The summed E-state index contributed by atoms with van der Waals surface area (Å²) in [6, 6.07) is 2.15. The summed E-state index contributed by atoms with van der Waals surface area (Å²) in [7, 11) is 1.70. The highest BCUT2D eigenvalue weighted by Crippen LogP contribution is 2.09. The number of anilines is 1. The number of rotatable bonds is 8. The molecule has 2 aromatic rings. The van der Waals surface area contributed by atoms with Crippen LogP contribution in [0.4, 0.5) is 5.69 Å². The number of nitrogens with one attached hydrogen (secondary N) is 1. The van der Waals surface area contributed by atoms with Gasteiger partial charge in [0.25, 0.3) is 0 Å². The third kappa shape index (κ3) is 4.13. The molecule has 0 aliphatic rings. The van der Waals surface area contributed by atoms with Gasteiger partial charge in [-0.25, -0.2) is 0 Å². The van der Waals surface area contributed by atoms with Crippen molar-refractivity contribution in [1.29, 1.82) is 0 Å². The normalized spacial score (nSPS) is 10.8. The second-order valence-electron chi connectivity index (χ2n) is 4.60. The number of methoxy groups -OCH3 is 1. The lowest BCUT2D eigenvalue weighted by Gasteiger charge is -2.02. The van der Waals surface area contributed by atoms with Gasteiger partial charge in [-0.2, -0.15) is 5.10 Å². The Morgan fingerprint density at radius 1 is 1.32 bits per heavy atom. The van der Waals surface area contributed by atoms with Gasteiger partial charge in [-0.15, -0.1) is 0 Å². The van der Waals surface area contributed by atoms with Gasteiger partial charge < -0.3 is 14.6 Å². The minimum atomic E-state index is 0.682. The van der Waals surface area contributed by atoms with Crippen LogP contribution in [-0.2, 0) is 24.4 Å². The van der Waals surface area contributed by atoms with Crippen LogP contribution in [0.1, 0.15) is 18.9 Å². The lowest BCUT2D eigenvalue weighted by Crippen LogP contribution is -2.04. The highest BCUT2D eigenvalue weighted by Gasteiger charge is 2.00. The Morgan fingerprint density at radius 3 is 3.00 bits per heavy atom. The summed E-state index contributed by atoms with van der Waals surface area (Å²) >= 11 is 0. The molecular weight excluding hydrogens is 240 g/mol. The molecule has 0 aromatic carbocycles. The standard InChI is InChI=1S/C14H22N4O/c1-3-5-17-6-4-13(11-17)9-15-14-10-16-18(12-14)7-8-19-2/h4,6,10-12,15H,3,5,7-9H2,1-2H3. The first-order valence-corrected chi connectivity index (χ1v) is 6.71. The molecule has 0 fully saturated rings. The highest BCUT2D eigenvalue weighted by atomic mass is 16.5. The van der Waals surface area contributed by atoms with E-state index in [0.29, 0.717) is 6.61 Å². The number of ether oxygens (including phenoxy) is 1. The molecule has 2 rings (SSSR count). The highest BCUT2D eigenvalue weighted by molar-refractivity contribution is 5.38. The number of hydrogen-bond acceptors (Lipinski definition) is 3. The number of aryl methyl sites for hydroxylation is 1. The summed E-state index contributed by atoms with van der Waals surface area (Å²) in [5.74, 6) is 0. The molecule has 0 amide bonds. The molecule has 19 heavy (non-hydrogen) atoms. The maximum absolute atomic E-state index is 5.03. The number of nitrogens with zero attached hydrogens (tertiary/aromatic N) is 3. The van der Waals surface area contributed by atoms with Crippen molar-refractivity contribution in [3.05, 3.63) is 36.4 Å². The van der Waals surface area contributed by atoms with E-state index < -0.39 is 0 Å². The smallest absolute Gasteiger partial charge is 0.0729 e. The molecule has 0 aliphatic heterocycles. The van der Waals surface area contributed by atoms with E-state index in [1.54, 1.807) is 7.11 Å². The second-order valence-corrected chi connectivity index (χ2v) is 4.60. The van der Waals surface area contributed by atoms with Gasteiger partial charge in [0.15, 0.2) is 0 Å². The summed E-state index contributed by atoms with van der Waals surface area (Å²) < 4.78 is 9.13. The van der Waals surface area contributed by atoms with Crippen LogP contribution in [0.5, 0.6) is 0 Å². The van der Waals surface area contributed by atoms with E-state index in [9.17, 15) is 0 Å². The first-order chi connectivity index (χ1) is 9.31. The molecule has 0 unspecified atom stereocenters. The van der Waals surface area contributed by atoms with Crippen LogP contribution < -0.4 is 5.32 Å². The third-order valence-electron chi connectivity index (χ3n) is 2.95. The summed E-state index contributed by atoms with van der Waals surface area (Å²) in [4.78, 5) is 0. The molecule has 5 nitrogen and oxygen atoms in total. The number of hydrogen-bond donors (Lipinski definition) is 1. The lowest BCUT2D eigenvalue weighted by atomic mass is 10.3. The molecule has 0 saturated heterocycles. The van der Waals surface area contributed by atoms with Gasteiger partial charge in [0, 0.05) is 38.8 Å². The van der Waals surface area contributed by atoms with Crippen molar-refractivity contribution in [1.82, 2.24) is 14.3 Å².